The predicted octanol–water partition coefficient (Wildman–Crippen LogP) is 3.12. The molecule has 0 saturated heterocycles. The van der Waals surface area contributed by atoms with Crippen LogP contribution in [0.4, 0.5) is 0 Å². The molecule has 1 heterocycles. The first kappa shape index (κ1) is 14.3. The van der Waals surface area contributed by atoms with E-state index < -0.39 is 0 Å². The zero-order chi connectivity index (χ0) is 14.4. The molecule has 0 radical (unpaired) electrons. The molecule has 0 fully saturated rings. The molecule has 2 rings (SSSR count). The number of aryl methyl sites for hydroxylation is 2. The van der Waals surface area contributed by atoms with Crippen LogP contribution in [0.15, 0.2) is 36.5 Å². The minimum absolute atomic E-state index is 0.145. The van der Waals surface area contributed by atoms with Crippen molar-refractivity contribution in [1.29, 1.82) is 0 Å². The molecular formula is C16H20N2O2. The van der Waals surface area contributed by atoms with E-state index in [9.17, 15) is 4.79 Å². The third-order valence-corrected chi connectivity index (χ3v) is 3.24. The molecule has 4 heteroatoms. The molecule has 0 unspecified atom stereocenters. The number of Topliss-reactive ketones (excluding diaryl/α,β-unsaturated/α-hetero) is 1. The molecule has 0 spiro atoms. The van der Waals surface area contributed by atoms with Crippen LogP contribution in [-0.2, 0) is 13.0 Å². The summed E-state index contributed by atoms with van der Waals surface area (Å²) in [5.74, 6) is 0.980. The first-order valence-corrected chi connectivity index (χ1v) is 6.92. The van der Waals surface area contributed by atoms with Crippen LogP contribution in [0.25, 0.3) is 0 Å². The molecule has 4 nitrogen and oxygen atoms in total. The van der Waals surface area contributed by atoms with Gasteiger partial charge in [-0.2, -0.15) is 5.10 Å². The Morgan fingerprint density at radius 1 is 1.25 bits per heavy atom. The third-order valence-electron chi connectivity index (χ3n) is 3.24. The van der Waals surface area contributed by atoms with Crippen LogP contribution in [-0.4, -0.2) is 22.7 Å². The van der Waals surface area contributed by atoms with Crippen LogP contribution < -0.4 is 4.74 Å². The Kier molecular flexibility index (Phi) is 4.93. The molecule has 0 aliphatic rings. The van der Waals surface area contributed by atoms with E-state index in [1.807, 2.05) is 24.3 Å². The lowest BCUT2D eigenvalue weighted by Crippen LogP contribution is -2.11. The molecule has 0 amide bonds. The smallest absolute Gasteiger partial charge is 0.181 e. The van der Waals surface area contributed by atoms with Crippen LogP contribution in [0, 0.1) is 0 Å². The summed E-state index contributed by atoms with van der Waals surface area (Å²) < 4.78 is 6.91. The Morgan fingerprint density at radius 3 is 2.65 bits per heavy atom. The van der Waals surface area contributed by atoms with Crippen LogP contribution in [0.2, 0.25) is 0 Å². The quantitative estimate of drug-likeness (QED) is 0.727. The largest absolute Gasteiger partial charge is 0.497 e. The highest BCUT2D eigenvalue weighted by atomic mass is 16.5. The zero-order valence-corrected chi connectivity index (χ0v) is 12.0. The number of aromatic nitrogens is 2. The Hall–Kier alpha value is -2.10. The van der Waals surface area contributed by atoms with Gasteiger partial charge >= 0.3 is 0 Å². The number of ether oxygens (including phenoxy) is 1. The van der Waals surface area contributed by atoms with Gasteiger partial charge in [0.2, 0.25) is 0 Å². The maximum Gasteiger partial charge on any atom is 0.181 e. The van der Waals surface area contributed by atoms with Crippen molar-refractivity contribution in [3.8, 4) is 5.75 Å². The predicted molar refractivity (Wildman–Crippen MR) is 78.2 cm³/mol. The van der Waals surface area contributed by atoms with Gasteiger partial charge in [-0.3, -0.25) is 9.48 Å². The number of carbonyl (C=O) groups excluding carboxylic acids is 1. The number of ketones is 1. The van der Waals surface area contributed by atoms with Gasteiger partial charge in [-0.05, 0) is 36.6 Å². The van der Waals surface area contributed by atoms with Gasteiger partial charge < -0.3 is 4.74 Å². The second kappa shape index (κ2) is 6.89. The monoisotopic (exact) mass is 272 g/mol. The fourth-order valence-electron chi connectivity index (χ4n) is 2.14. The second-order valence-corrected chi connectivity index (χ2v) is 4.71. The molecule has 1 aromatic carbocycles. The molecule has 0 saturated carbocycles. The second-order valence-electron chi connectivity index (χ2n) is 4.71. The summed E-state index contributed by atoms with van der Waals surface area (Å²) in [6.45, 7) is 2.86. The van der Waals surface area contributed by atoms with Gasteiger partial charge in [-0.1, -0.05) is 19.1 Å². The summed E-state index contributed by atoms with van der Waals surface area (Å²) in [5.41, 5.74) is 1.85. The maximum atomic E-state index is 12.2. The SMILES string of the molecule is CCCn1nccc1C(=O)CCc1ccc(OC)cc1. The summed E-state index contributed by atoms with van der Waals surface area (Å²) in [6.07, 6.45) is 3.90. The minimum atomic E-state index is 0.145. The fraction of sp³-hybridized carbons (Fsp3) is 0.375. The van der Waals surface area contributed by atoms with Crippen LogP contribution in [0.5, 0.6) is 5.75 Å². The number of rotatable bonds is 7. The summed E-state index contributed by atoms with van der Waals surface area (Å²) in [5, 5.41) is 4.18. The maximum absolute atomic E-state index is 12.2. The molecule has 0 atom stereocenters. The Morgan fingerprint density at radius 2 is 2.00 bits per heavy atom. The number of nitrogens with zero attached hydrogens (tertiary/aromatic N) is 2. The number of hydrogen-bond acceptors (Lipinski definition) is 3. The number of hydrogen-bond donors (Lipinski definition) is 0. The van der Waals surface area contributed by atoms with E-state index in [0.717, 1.165) is 30.7 Å². The van der Waals surface area contributed by atoms with Crippen LogP contribution in [0.1, 0.15) is 35.8 Å². The van der Waals surface area contributed by atoms with Crippen molar-refractivity contribution in [1.82, 2.24) is 9.78 Å². The highest BCUT2D eigenvalue weighted by Crippen LogP contribution is 2.14. The van der Waals surface area contributed by atoms with E-state index in [2.05, 4.69) is 12.0 Å². The molecule has 0 bridgehead atoms. The molecule has 1 aromatic heterocycles. The van der Waals surface area contributed by atoms with Crippen molar-refractivity contribution in [2.75, 3.05) is 7.11 Å². The minimum Gasteiger partial charge on any atom is -0.497 e. The Balaban J connectivity index is 1.95. The lowest BCUT2D eigenvalue weighted by atomic mass is 10.1. The van der Waals surface area contributed by atoms with Crippen molar-refractivity contribution in [2.24, 2.45) is 0 Å². The van der Waals surface area contributed by atoms with E-state index in [1.54, 1.807) is 24.1 Å². The molecule has 106 valence electrons. The van der Waals surface area contributed by atoms with Gasteiger partial charge in [-0.25, -0.2) is 0 Å². The third kappa shape index (κ3) is 3.47. The topological polar surface area (TPSA) is 44.1 Å². The van der Waals surface area contributed by atoms with Crippen molar-refractivity contribution >= 4 is 5.78 Å². The summed E-state index contributed by atoms with van der Waals surface area (Å²) in [4.78, 5) is 12.2. The number of carbonyl (C=O) groups is 1. The van der Waals surface area contributed by atoms with Crippen molar-refractivity contribution in [3.63, 3.8) is 0 Å². The Labute approximate surface area is 119 Å². The van der Waals surface area contributed by atoms with Crippen molar-refractivity contribution in [2.45, 2.75) is 32.7 Å². The number of methoxy groups -OCH3 is 1. The zero-order valence-electron chi connectivity index (χ0n) is 12.0. The standard InChI is InChI=1S/C16H20N2O2/c1-3-12-18-15(10-11-17-18)16(19)9-6-13-4-7-14(20-2)8-5-13/h4-5,7-8,10-11H,3,6,9,12H2,1-2H3. The summed E-state index contributed by atoms with van der Waals surface area (Å²) in [7, 11) is 1.65. The van der Waals surface area contributed by atoms with Gasteiger partial charge in [-0.15, -0.1) is 0 Å². The molecule has 0 aliphatic carbocycles. The molecule has 0 N–H and O–H groups in total. The van der Waals surface area contributed by atoms with Gasteiger partial charge in [0.25, 0.3) is 0 Å². The van der Waals surface area contributed by atoms with E-state index in [-0.39, 0.29) is 5.78 Å². The van der Waals surface area contributed by atoms with Crippen molar-refractivity contribution < 1.29 is 9.53 Å². The van der Waals surface area contributed by atoms with Crippen LogP contribution >= 0.6 is 0 Å². The summed E-state index contributed by atoms with van der Waals surface area (Å²) >= 11 is 0. The number of benzene rings is 1. The van der Waals surface area contributed by atoms with E-state index in [1.165, 1.54) is 0 Å². The summed E-state index contributed by atoms with van der Waals surface area (Å²) in [6, 6.07) is 9.62. The first-order chi connectivity index (χ1) is 9.74. The molecule has 2 aromatic rings. The average Bonchev–Trinajstić information content (AvgIpc) is 2.94. The highest BCUT2D eigenvalue weighted by Gasteiger charge is 2.11. The van der Waals surface area contributed by atoms with Gasteiger partial charge in [0.15, 0.2) is 5.78 Å². The highest BCUT2D eigenvalue weighted by molar-refractivity contribution is 5.94. The average molecular weight is 272 g/mol. The lowest BCUT2D eigenvalue weighted by molar-refractivity contribution is 0.0972. The first-order valence-electron chi connectivity index (χ1n) is 6.92. The van der Waals surface area contributed by atoms with Gasteiger partial charge in [0, 0.05) is 19.2 Å². The van der Waals surface area contributed by atoms with Crippen molar-refractivity contribution in [3.05, 3.63) is 47.8 Å². The van der Waals surface area contributed by atoms with Gasteiger partial charge in [0.05, 0.1) is 7.11 Å². The van der Waals surface area contributed by atoms with E-state index in [4.69, 9.17) is 4.74 Å². The fourth-order valence-corrected chi connectivity index (χ4v) is 2.14. The molecular weight excluding hydrogens is 252 g/mol. The molecule has 0 aliphatic heterocycles. The van der Waals surface area contributed by atoms with E-state index in [0.29, 0.717) is 12.1 Å². The molecule has 20 heavy (non-hydrogen) atoms. The van der Waals surface area contributed by atoms with Gasteiger partial charge in [0.1, 0.15) is 11.4 Å². The lowest BCUT2D eigenvalue weighted by Gasteiger charge is -2.06. The normalized spacial score (nSPS) is 10.5. The van der Waals surface area contributed by atoms with Crippen LogP contribution in [0.3, 0.4) is 0 Å². The van der Waals surface area contributed by atoms with E-state index >= 15 is 0 Å². The Bertz CT molecular complexity index is 558.